The van der Waals surface area contributed by atoms with Crippen LogP contribution in [-0.4, -0.2) is 44.1 Å². The lowest BCUT2D eigenvalue weighted by molar-refractivity contribution is 0.0928. The summed E-state index contributed by atoms with van der Waals surface area (Å²) in [5.74, 6) is 0.600. The van der Waals surface area contributed by atoms with Gasteiger partial charge in [-0.25, -0.2) is 0 Å². The van der Waals surface area contributed by atoms with Gasteiger partial charge in [-0.2, -0.15) is 0 Å². The van der Waals surface area contributed by atoms with E-state index in [1.165, 1.54) is 14.2 Å². The molecule has 27 heavy (non-hydrogen) atoms. The number of rotatable bonds is 7. The Kier molecular flexibility index (Phi) is 5.61. The number of ether oxygens (including phenoxy) is 2. The van der Waals surface area contributed by atoms with Gasteiger partial charge in [0.1, 0.15) is 0 Å². The molecule has 3 aromatic rings. The van der Waals surface area contributed by atoms with Gasteiger partial charge in [-0.15, -0.1) is 0 Å². The molecule has 3 rings (SSSR count). The second-order valence-electron chi connectivity index (χ2n) is 5.83. The van der Waals surface area contributed by atoms with Crippen LogP contribution in [0.2, 0.25) is 0 Å². The number of fused-ring (bicyclic) bond motifs is 1. The van der Waals surface area contributed by atoms with Crippen molar-refractivity contribution >= 4 is 22.7 Å². The average Bonchev–Trinajstić information content (AvgIpc) is 3.14. The van der Waals surface area contributed by atoms with E-state index >= 15 is 0 Å². The molecule has 0 spiro atoms. The maximum absolute atomic E-state index is 12.3. The fourth-order valence-electron chi connectivity index (χ4n) is 2.79. The molecule has 0 radical (unpaired) electrons. The summed E-state index contributed by atoms with van der Waals surface area (Å²) in [5, 5.41) is 6.44. The first-order chi connectivity index (χ1) is 13.1. The van der Waals surface area contributed by atoms with E-state index in [9.17, 15) is 9.59 Å². The predicted octanol–water partition coefficient (Wildman–Crippen LogP) is 2.34. The van der Waals surface area contributed by atoms with Crippen LogP contribution in [0.5, 0.6) is 11.5 Å². The number of para-hydroxylation sites is 1. The van der Waals surface area contributed by atoms with E-state index in [2.05, 4.69) is 15.6 Å². The Hall–Kier alpha value is -3.48. The smallest absolute Gasteiger partial charge is 0.253 e. The number of nitrogens with one attached hydrogen (secondary N) is 3. The van der Waals surface area contributed by atoms with Crippen LogP contribution in [0.1, 0.15) is 20.7 Å². The van der Waals surface area contributed by atoms with Crippen molar-refractivity contribution in [3.05, 3.63) is 59.8 Å². The summed E-state index contributed by atoms with van der Waals surface area (Å²) in [4.78, 5) is 27.6. The molecule has 7 heteroatoms. The van der Waals surface area contributed by atoms with E-state index in [1.807, 2.05) is 24.3 Å². The normalized spacial score (nSPS) is 10.4. The molecule has 1 heterocycles. The highest BCUT2D eigenvalue weighted by Crippen LogP contribution is 2.27. The van der Waals surface area contributed by atoms with E-state index in [-0.39, 0.29) is 11.8 Å². The summed E-state index contributed by atoms with van der Waals surface area (Å²) < 4.78 is 10.4. The van der Waals surface area contributed by atoms with E-state index in [1.54, 1.807) is 24.4 Å². The molecule has 2 amide bonds. The van der Waals surface area contributed by atoms with Gasteiger partial charge in [0.15, 0.2) is 11.5 Å². The third kappa shape index (κ3) is 4.03. The van der Waals surface area contributed by atoms with Gasteiger partial charge >= 0.3 is 0 Å². The van der Waals surface area contributed by atoms with Crippen LogP contribution in [0, 0.1) is 0 Å². The third-order valence-electron chi connectivity index (χ3n) is 4.18. The van der Waals surface area contributed by atoms with Gasteiger partial charge in [-0.05, 0) is 24.3 Å². The van der Waals surface area contributed by atoms with Crippen LogP contribution in [0.15, 0.2) is 48.7 Å². The van der Waals surface area contributed by atoms with Crippen molar-refractivity contribution in [3.8, 4) is 11.5 Å². The third-order valence-corrected chi connectivity index (χ3v) is 4.18. The van der Waals surface area contributed by atoms with Gasteiger partial charge in [-0.1, -0.05) is 18.2 Å². The SMILES string of the molecule is COc1ccc(C(=O)NCCNC(=O)c2c[nH]c3ccccc23)cc1OC. The molecular formula is C20H21N3O4. The molecule has 0 aliphatic rings. The van der Waals surface area contributed by atoms with Crippen molar-refractivity contribution in [3.63, 3.8) is 0 Å². The molecule has 1 aromatic heterocycles. The molecule has 0 saturated carbocycles. The summed E-state index contributed by atoms with van der Waals surface area (Å²) in [7, 11) is 3.05. The fourth-order valence-corrected chi connectivity index (χ4v) is 2.79. The van der Waals surface area contributed by atoms with Crippen LogP contribution in [0.4, 0.5) is 0 Å². The first kappa shape index (κ1) is 18.3. The number of benzene rings is 2. The molecule has 0 saturated heterocycles. The van der Waals surface area contributed by atoms with Gasteiger partial charge in [0.2, 0.25) is 0 Å². The topological polar surface area (TPSA) is 92.5 Å². The highest BCUT2D eigenvalue weighted by atomic mass is 16.5. The van der Waals surface area contributed by atoms with Crippen molar-refractivity contribution < 1.29 is 19.1 Å². The van der Waals surface area contributed by atoms with E-state index in [4.69, 9.17) is 9.47 Å². The number of hydrogen-bond donors (Lipinski definition) is 3. The molecular weight excluding hydrogens is 346 g/mol. The zero-order valence-corrected chi connectivity index (χ0v) is 15.2. The molecule has 0 aliphatic carbocycles. The van der Waals surface area contributed by atoms with Gasteiger partial charge in [0.25, 0.3) is 11.8 Å². The Morgan fingerprint density at radius 3 is 2.37 bits per heavy atom. The summed E-state index contributed by atoms with van der Waals surface area (Å²) in [6.45, 7) is 0.624. The van der Waals surface area contributed by atoms with Crippen molar-refractivity contribution in [2.45, 2.75) is 0 Å². The second kappa shape index (κ2) is 8.27. The largest absolute Gasteiger partial charge is 0.493 e. The Morgan fingerprint density at radius 2 is 1.63 bits per heavy atom. The van der Waals surface area contributed by atoms with E-state index in [0.29, 0.717) is 35.7 Å². The summed E-state index contributed by atoms with van der Waals surface area (Å²) >= 11 is 0. The summed E-state index contributed by atoms with van der Waals surface area (Å²) in [6, 6.07) is 12.5. The number of aromatic nitrogens is 1. The minimum Gasteiger partial charge on any atom is -0.493 e. The minimum atomic E-state index is -0.253. The molecule has 0 unspecified atom stereocenters. The number of aromatic amines is 1. The van der Waals surface area contributed by atoms with Crippen molar-refractivity contribution in [2.24, 2.45) is 0 Å². The summed E-state index contributed by atoms with van der Waals surface area (Å²) in [6.07, 6.45) is 1.68. The minimum absolute atomic E-state index is 0.187. The number of amides is 2. The van der Waals surface area contributed by atoms with E-state index < -0.39 is 0 Å². The van der Waals surface area contributed by atoms with Crippen molar-refractivity contribution in [1.82, 2.24) is 15.6 Å². The van der Waals surface area contributed by atoms with Gasteiger partial charge in [-0.3, -0.25) is 9.59 Å². The van der Waals surface area contributed by atoms with Gasteiger partial charge in [0, 0.05) is 35.8 Å². The molecule has 0 bridgehead atoms. The molecule has 0 aliphatic heterocycles. The zero-order chi connectivity index (χ0) is 19.2. The molecule has 140 valence electrons. The predicted molar refractivity (Wildman–Crippen MR) is 103 cm³/mol. The molecule has 2 aromatic carbocycles. The molecule has 3 N–H and O–H groups in total. The highest BCUT2D eigenvalue weighted by molar-refractivity contribution is 6.06. The number of methoxy groups -OCH3 is 2. The average molecular weight is 367 g/mol. The number of carbonyl (C=O) groups is 2. The quantitative estimate of drug-likeness (QED) is 0.559. The van der Waals surface area contributed by atoms with Crippen LogP contribution < -0.4 is 20.1 Å². The Labute approximate surface area is 156 Å². The fraction of sp³-hybridized carbons (Fsp3) is 0.200. The first-order valence-corrected chi connectivity index (χ1v) is 8.48. The number of carbonyl (C=O) groups excluding carboxylic acids is 2. The second-order valence-corrected chi connectivity index (χ2v) is 5.83. The Morgan fingerprint density at radius 1 is 0.926 bits per heavy atom. The van der Waals surface area contributed by atoms with E-state index in [0.717, 1.165) is 10.9 Å². The van der Waals surface area contributed by atoms with Crippen molar-refractivity contribution in [1.29, 1.82) is 0 Å². The van der Waals surface area contributed by atoms with Crippen LogP contribution in [0.25, 0.3) is 10.9 Å². The lowest BCUT2D eigenvalue weighted by Crippen LogP contribution is -2.34. The van der Waals surface area contributed by atoms with Crippen LogP contribution >= 0.6 is 0 Å². The Balaban J connectivity index is 1.52. The Bertz CT molecular complexity index is 965. The maximum atomic E-state index is 12.3. The molecule has 7 nitrogen and oxygen atoms in total. The van der Waals surface area contributed by atoms with Gasteiger partial charge < -0.3 is 25.1 Å². The van der Waals surface area contributed by atoms with Crippen LogP contribution in [-0.2, 0) is 0 Å². The first-order valence-electron chi connectivity index (χ1n) is 8.48. The van der Waals surface area contributed by atoms with Crippen molar-refractivity contribution in [2.75, 3.05) is 27.3 Å². The number of H-pyrrole nitrogens is 1. The highest BCUT2D eigenvalue weighted by Gasteiger charge is 2.12. The lowest BCUT2D eigenvalue weighted by atomic mass is 10.1. The number of hydrogen-bond acceptors (Lipinski definition) is 4. The lowest BCUT2D eigenvalue weighted by Gasteiger charge is -2.10. The maximum Gasteiger partial charge on any atom is 0.253 e. The monoisotopic (exact) mass is 367 g/mol. The van der Waals surface area contributed by atoms with Crippen LogP contribution in [0.3, 0.4) is 0 Å². The summed E-state index contributed by atoms with van der Waals surface area (Å²) in [5.41, 5.74) is 1.94. The standard InChI is InChI=1S/C20H21N3O4/c1-26-17-8-7-13(11-18(17)27-2)19(24)21-9-10-22-20(25)15-12-23-16-6-4-3-5-14(15)16/h3-8,11-12,23H,9-10H2,1-2H3,(H,21,24)(H,22,25). The zero-order valence-electron chi connectivity index (χ0n) is 15.2. The van der Waals surface area contributed by atoms with Gasteiger partial charge in [0.05, 0.1) is 19.8 Å². The molecule has 0 atom stereocenters. The molecule has 0 fully saturated rings.